The summed E-state index contributed by atoms with van der Waals surface area (Å²) in [4.78, 5) is 23.1. The Morgan fingerprint density at radius 3 is 1.64 bits per heavy atom. The molecule has 0 fully saturated rings. The number of hydrogen-bond acceptors (Lipinski definition) is 5. The van der Waals surface area contributed by atoms with Crippen LogP contribution in [0.1, 0.15) is 168 Å². The number of phosphoric ester groups is 1. The molecule has 324 valence electrons. The summed E-state index contributed by atoms with van der Waals surface area (Å²) in [6, 6.07) is -0.870. The second kappa shape index (κ2) is 38.5. The minimum atomic E-state index is -4.35. The van der Waals surface area contributed by atoms with Crippen molar-refractivity contribution in [2.24, 2.45) is 0 Å². The first-order chi connectivity index (χ1) is 27.0. The number of allylic oxidation sites excluding steroid dienone is 11. The Hall–Kier alpha value is -2.06. The Labute approximate surface area is 344 Å². The molecule has 3 atom stereocenters. The second-order valence-corrected chi connectivity index (χ2v) is 17.5. The lowest BCUT2D eigenvalue weighted by molar-refractivity contribution is -0.870. The molecule has 0 heterocycles. The molecule has 0 aromatic carbocycles. The van der Waals surface area contributed by atoms with Gasteiger partial charge >= 0.3 is 7.82 Å². The van der Waals surface area contributed by atoms with Gasteiger partial charge in [-0.15, -0.1) is 0 Å². The van der Waals surface area contributed by atoms with E-state index >= 15 is 0 Å². The van der Waals surface area contributed by atoms with E-state index in [0.29, 0.717) is 17.4 Å². The fraction of sp³-hybridized carbons (Fsp3) is 0.723. The van der Waals surface area contributed by atoms with Gasteiger partial charge in [-0.05, 0) is 70.6 Å². The molecular formula is C47H86N2O6P+. The van der Waals surface area contributed by atoms with Crippen LogP contribution in [0.5, 0.6) is 0 Å². The van der Waals surface area contributed by atoms with E-state index in [2.05, 4.69) is 79.9 Å². The van der Waals surface area contributed by atoms with Crippen molar-refractivity contribution in [3.63, 3.8) is 0 Å². The van der Waals surface area contributed by atoms with Crippen LogP contribution in [0.4, 0.5) is 0 Å². The number of carbonyl (C=O) groups is 1. The predicted molar refractivity (Wildman–Crippen MR) is 240 cm³/mol. The van der Waals surface area contributed by atoms with Crippen LogP contribution in [0.15, 0.2) is 72.9 Å². The predicted octanol–water partition coefficient (Wildman–Crippen LogP) is 12.4. The van der Waals surface area contributed by atoms with Crippen LogP contribution in [0.25, 0.3) is 0 Å². The fourth-order valence-electron chi connectivity index (χ4n) is 5.87. The third-order valence-electron chi connectivity index (χ3n) is 9.41. The van der Waals surface area contributed by atoms with Gasteiger partial charge in [-0.3, -0.25) is 13.8 Å². The Morgan fingerprint density at radius 1 is 0.625 bits per heavy atom. The van der Waals surface area contributed by atoms with E-state index in [1.165, 1.54) is 77.0 Å². The maximum absolute atomic E-state index is 12.9. The zero-order chi connectivity index (χ0) is 41.4. The number of hydrogen-bond donors (Lipinski definition) is 3. The normalized spacial score (nSPS) is 15.1. The fourth-order valence-corrected chi connectivity index (χ4v) is 6.61. The quantitative estimate of drug-likeness (QED) is 0.0247. The number of nitrogens with zero attached hydrogens (tertiary/aromatic N) is 1. The number of amides is 1. The highest BCUT2D eigenvalue weighted by Crippen LogP contribution is 2.43. The highest BCUT2D eigenvalue weighted by molar-refractivity contribution is 7.47. The third-order valence-corrected chi connectivity index (χ3v) is 10.4. The highest BCUT2D eigenvalue weighted by Gasteiger charge is 2.27. The minimum absolute atomic E-state index is 0.0509. The van der Waals surface area contributed by atoms with Gasteiger partial charge in [0.05, 0.1) is 39.9 Å². The molecule has 0 bridgehead atoms. The van der Waals surface area contributed by atoms with Gasteiger partial charge in [0.15, 0.2) is 0 Å². The van der Waals surface area contributed by atoms with E-state index in [9.17, 15) is 19.4 Å². The molecule has 8 nitrogen and oxygen atoms in total. The number of quaternary nitrogens is 1. The highest BCUT2D eigenvalue weighted by atomic mass is 31.2. The summed E-state index contributed by atoms with van der Waals surface area (Å²) in [5, 5.41) is 13.8. The largest absolute Gasteiger partial charge is 0.472 e. The van der Waals surface area contributed by atoms with E-state index in [1.807, 2.05) is 27.2 Å². The third kappa shape index (κ3) is 40.1. The van der Waals surface area contributed by atoms with Gasteiger partial charge in [0.2, 0.25) is 5.91 Å². The van der Waals surface area contributed by atoms with Gasteiger partial charge < -0.3 is 19.8 Å². The Morgan fingerprint density at radius 2 is 1.09 bits per heavy atom. The van der Waals surface area contributed by atoms with Gasteiger partial charge in [-0.25, -0.2) is 4.57 Å². The Kier molecular flexibility index (Phi) is 37.0. The molecule has 0 aromatic heterocycles. The molecule has 56 heavy (non-hydrogen) atoms. The number of likely N-dealkylation sites (N-methyl/N-ethyl adjacent to an activating group) is 1. The van der Waals surface area contributed by atoms with Crippen molar-refractivity contribution in [1.29, 1.82) is 0 Å². The average Bonchev–Trinajstić information content (AvgIpc) is 3.15. The summed E-state index contributed by atoms with van der Waals surface area (Å²) in [5.74, 6) is -0.200. The van der Waals surface area contributed by atoms with Crippen LogP contribution in [0.2, 0.25) is 0 Å². The molecule has 0 radical (unpaired) electrons. The van der Waals surface area contributed by atoms with Gasteiger partial charge in [-0.1, -0.05) is 164 Å². The number of unbranched alkanes of at least 4 members (excludes halogenated alkanes) is 16. The number of nitrogens with one attached hydrogen (secondary N) is 1. The number of carbonyl (C=O) groups excluding carboxylic acids is 1. The molecular weight excluding hydrogens is 719 g/mol. The van der Waals surface area contributed by atoms with Crippen molar-refractivity contribution >= 4 is 13.7 Å². The molecule has 0 aliphatic heterocycles. The summed E-state index contributed by atoms with van der Waals surface area (Å²) < 4.78 is 23.5. The molecule has 0 aromatic rings. The lowest BCUT2D eigenvalue weighted by Crippen LogP contribution is -2.45. The summed E-state index contributed by atoms with van der Waals surface area (Å²) in [6.07, 6.45) is 51.1. The SMILES string of the molecule is CC/C=C\C/C=C\C/C=C\C/C=C\CCCCCCCCCCC(=O)NC(COP(=O)(O)OCC[N+](C)(C)C)C(O)/C=C/CC/C=C/CCCCCCCCC. The van der Waals surface area contributed by atoms with Crippen molar-refractivity contribution in [2.45, 2.75) is 180 Å². The van der Waals surface area contributed by atoms with Crippen LogP contribution in [-0.4, -0.2) is 73.4 Å². The molecule has 0 saturated carbocycles. The first-order valence-corrected chi connectivity index (χ1v) is 23.8. The number of phosphoric acid groups is 1. The molecule has 9 heteroatoms. The molecule has 0 rings (SSSR count). The Balaban J connectivity index is 4.43. The van der Waals surface area contributed by atoms with Crippen molar-refractivity contribution in [3.05, 3.63) is 72.9 Å². The van der Waals surface area contributed by atoms with Crippen LogP contribution in [0, 0.1) is 0 Å². The van der Waals surface area contributed by atoms with Crippen LogP contribution < -0.4 is 5.32 Å². The van der Waals surface area contributed by atoms with Crippen molar-refractivity contribution in [2.75, 3.05) is 40.9 Å². The first kappa shape index (κ1) is 53.9. The van der Waals surface area contributed by atoms with E-state index in [0.717, 1.165) is 70.6 Å². The topological polar surface area (TPSA) is 105 Å². The van der Waals surface area contributed by atoms with Crippen molar-refractivity contribution in [1.82, 2.24) is 5.32 Å². The first-order valence-electron chi connectivity index (χ1n) is 22.3. The molecule has 3 unspecified atom stereocenters. The van der Waals surface area contributed by atoms with Gasteiger partial charge in [0, 0.05) is 6.42 Å². The van der Waals surface area contributed by atoms with Crippen molar-refractivity contribution in [3.8, 4) is 0 Å². The van der Waals surface area contributed by atoms with E-state index in [4.69, 9.17) is 9.05 Å². The lowest BCUT2D eigenvalue weighted by Gasteiger charge is -2.25. The maximum Gasteiger partial charge on any atom is 0.472 e. The number of rotatable bonds is 39. The summed E-state index contributed by atoms with van der Waals surface area (Å²) >= 11 is 0. The standard InChI is InChI=1S/C47H85N2O6P/c1-6-8-10-12-14-16-18-20-21-22-23-24-25-26-27-29-31-33-35-37-39-41-47(51)48-45(44-55-56(52,53)54-43-42-49(3,4)5)46(50)40-38-36-34-32-30-28-19-17-15-13-11-9-7-2/h8,10,14,16,20-21,23-24,30,32,38,40,45-46,50H,6-7,9,11-13,15,17-19,22,25-29,31,33-37,39,41-44H2,1-5H3,(H-,48,51,52,53)/p+1/b10-8-,16-14-,21-20-,24-23-,32-30+,40-38+. The summed E-state index contributed by atoms with van der Waals surface area (Å²) in [7, 11) is 1.54. The molecule has 0 spiro atoms. The second-order valence-electron chi connectivity index (χ2n) is 16.0. The van der Waals surface area contributed by atoms with Crippen LogP contribution >= 0.6 is 7.82 Å². The van der Waals surface area contributed by atoms with Gasteiger partial charge in [0.1, 0.15) is 13.2 Å². The van der Waals surface area contributed by atoms with Crippen LogP contribution in [-0.2, 0) is 18.4 Å². The zero-order valence-corrected chi connectivity index (χ0v) is 37.5. The monoisotopic (exact) mass is 806 g/mol. The number of aliphatic hydroxyl groups excluding tert-OH is 1. The van der Waals surface area contributed by atoms with Gasteiger partial charge in [0.25, 0.3) is 0 Å². The van der Waals surface area contributed by atoms with E-state index in [1.54, 1.807) is 6.08 Å². The Bertz CT molecular complexity index is 1140. The van der Waals surface area contributed by atoms with E-state index in [-0.39, 0.29) is 19.1 Å². The molecule has 0 aliphatic rings. The minimum Gasteiger partial charge on any atom is -0.387 e. The molecule has 0 saturated heterocycles. The average molecular weight is 806 g/mol. The molecule has 0 aliphatic carbocycles. The van der Waals surface area contributed by atoms with Crippen LogP contribution in [0.3, 0.4) is 0 Å². The maximum atomic E-state index is 12.9. The van der Waals surface area contributed by atoms with Gasteiger partial charge in [-0.2, -0.15) is 0 Å². The lowest BCUT2D eigenvalue weighted by atomic mass is 10.1. The van der Waals surface area contributed by atoms with E-state index < -0.39 is 20.0 Å². The van der Waals surface area contributed by atoms with Crippen molar-refractivity contribution < 1.29 is 32.9 Å². The summed E-state index contributed by atoms with van der Waals surface area (Å²) in [5.41, 5.74) is 0. The zero-order valence-electron chi connectivity index (χ0n) is 36.6. The molecule has 1 amide bonds. The molecule has 3 N–H and O–H groups in total. The summed E-state index contributed by atoms with van der Waals surface area (Å²) in [6.45, 7) is 4.64. The smallest absolute Gasteiger partial charge is 0.387 e. The number of aliphatic hydroxyl groups is 1.